The lowest BCUT2D eigenvalue weighted by Gasteiger charge is -2.15. The second-order valence-corrected chi connectivity index (χ2v) is 7.20. The van der Waals surface area contributed by atoms with Crippen molar-refractivity contribution < 1.29 is 9.84 Å². The third-order valence-corrected chi connectivity index (χ3v) is 4.98. The summed E-state index contributed by atoms with van der Waals surface area (Å²) in [6.07, 6.45) is 3.07. The highest BCUT2D eigenvalue weighted by Gasteiger charge is 2.15. The summed E-state index contributed by atoms with van der Waals surface area (Å²) < 4.78 is 5.99. The molecule has 0 aliphatic carbocycles. The van der Waals surface area contributed by atoms with Crippen LogP contribution in [0.5, 0.6) is 5.88 Å². The van der Waals surface area contributed by atoms with Gasteiger partial charge in [-0.15, -0.1) is 17.5 Å². The zero-order chi connectivity index (χ0) is 19.9. The summed E-state index contributed by atoms with van der Waals surface area (Å²) in [5.41, 5.74) is 1.76. The summed E-state index contributed by atoms with van der Waals surface area (Å²) in [6, 6.07) is 10.7. The average molecular weight is 502 g/mol. The molecule has 1 aromatic carbocycles. The van der Waals surface area contributed by atoms with Gasteiger partial charge in [-0.1, -0.05) is 29.8 Å². The first kappa shape index (κ1) is 23.2. The summed E-state index contributed by atoms with van der Waals surface area (Å²) in [5.74, 6) is 0.235. The van der Waals surface area contributed by atoms with Gasteiger partial charge in [-0.05, 0) is 45.3 Å². The number of hydrogen-bond acceptors (Lipinski definition) is 6. The van der Waals surface area contributed by atoms with E-state index in [9.17, 15) is 9.90 Å². The Morgan fingerprint density at radius 2 is 2.03 bits per heavy atom. The Hall–Kier alpha value is -2.13. The monoisotopic (exact) mass is 500 g/mol. The van der Waals surface area contributed by atoms with E-state index in [1.807, 2.05) is 12.1 Å². The number of aromatic amines is 1. The van der Waals surface area contributed by atoms with Crippen LogP contribution in [-0.2, 0) is 6.54 Å². The van der Waals surface area contributed by atoms with E-state index in [1.165, 1.54) is 0 Å². The van der Waals surface area contributed by atoms with Crippen molar-refractivity contribution in [3.8, 4) is 5.88 Å². The molecule has 29 heavy (non-hydrogen) atoms. The summed E-state index contributed by atoms with van der Waals surface area (Å²) in [6.45, 7) is 0.651. The standard InChI is InChI=1S/C19H18BrClN4O3.ClH/c20-16-17(23-11-12-2-1-8-22-10-12)19(25-24-18(16)27)28-9-7-15(26)13-3-5-14(21)6-4-13;/h1-6,8,10,15,26H,7,9,11H2,(H2,23,24,27);1H/t15-;/m0./s1. The molecule has 0 amide bonds. The number of nitrogens with one attached hydrogen (secondary N) is 2. The molecular weight excluding hydrogens is 483 g/mol. The molecule has 0 aliphatic rings. The van der Waals surface area contributed by atoms with E-state index in [0.29, 0.717) is 28.1 Å². The lowest BCUT2D eigenvalue weighted by molar-refractivity contribution is 0.139. The van der Waals surface area contributed by atoms with Crippen molar-refractivity contribution in [3.63, 3.8) is 0 Å². The van der Waals surface area contributed by atoms with Crippen LogP contribution in [0.4, 0.5) is 5.69 Å². The van der Waals surface area contributed by atoms with Crippen LogP contribution in [0.25, 0.3) is 0 Å². The van der Waals surface area contributed by atoms with E-state index in [-0.39, 0.29) is 30.5 Å². The Kier molecular flexibility index (Phi) is 8.91. The van der Waals surface area contributed by atoms with Gasteiger partial charge in [0.1, 0.15) is 10.2 Å². The largest absolute Gasteiger partial charge is 0.475 e. The Balaban J connectivity index is 0.00000300. The number of ether oxygens (including phenoxy) is 1. The summed E-state index contributed by atoms with van der Waals surface area (Å²) >= 11 is 9.13. The minimum atomic E-state index is -0.699. The molecule has 0 fully saturated rings. The van der Waals surface area contributed by atoms with E-state index >= 15 is 0 Å². The molecule has 0 aliphatic heterocycles. The number of aliphatic hydroxyl groups excluding tert-OH is 1. The molecule has 2 heterocycles. The Morgan fingerprint density at radius 3 is 2.72 bits per heavy atom. The fourth-order valence-electron chi connectivity index (χ4n) is 2.48. The minimum absolute atomic E-state index is 0. The van der Waals surface area contributed by atoms with Gasteiger partial charge in [0.2, 0.25) is 0 Å². The number of H-pyrrole nitrogens is 1. The van der Waals surface area contributed by atoms with Crippen LogP contribution in [0.2, 0.25) is 5.02 Å². The molecule has 3 rings (SSSR count). The van der Waals surface area contributed by atoms with Crippen molar-refractivity contribution in [3.05, 3.63) is 79.8 Å². The Morgan fingerprint density at radius 1 is 1.28 bits per heavy atom. The van der Waals surface area contributed by atoms with Gasteiger partial charge < -0.3 is 15.2 Å². The Bertz CT molecular complexity index is 971. The maximum absolute atomic E-state index is 11.9. The molecule has 10 heteroatoms. The number of aliphatic hydroxyl groups is 1. The van der Waals surface area contributed by atoms with Crippen molar-refractivity contribution in [1.29, 1.82) is 0 Å². The number of hydrogen-bond donors (Lipinski definition) is 3. The van der Waals surface area contributed by atoms with Crippen molar-refractivity contribution in [1.82, 2.24) is 15.2 Å². The van der Waals surface area contributed by atoms with Gasteiger partial charge in [0.05, 0.1) is 12.7 Å². The Labute approximate surface area is 187 Å². The van der Waals surface area contributed by atoms with Gasteiger partial charge >= 0.3 is 0 Å². The van der Waals surface area contributed by atoms with Gasteiger partial charge in [-0.2, -0.15) is 0 Å². The van der Waals surface area contributed by atoms with Gasteiger partial charge in [0, 0.05) is 30.4 Å². The summed E-state index contributed by atoms with van der Waals surface area (Å²) in [7, 11) is 0. The normalized spacial score (nSPS) is 11.4. The fraction of sp³-hybridized carbons (Fsp3) is 0.211. The van der Waals surface area contributed by atoms with E-state index < -0.39 is 6.10 Å². The molecule has 154 valence electrons. The van der Waals surface area contributed by atoms with E-state index in [0.717, 1.165) is 11.1 Å². The predicted molar refractivity (Wildman–Crippen MR) is 118 cm³/mol. The smallest absolute Gasteiger partial charge is 0.280 e. The number of anilines is 1. The van der Waals surface area contributed by atoms with Crippen molar-refractivity contribution >= 4 is 45.6 Å². The second-order valence-electron chi connectivity index (χ2n) is 5.97. The molecule has 7 nitrogen and oxygen atoms in total. The first-order valence-electron chi connectivity index (χ1n) is 8.52. The topological polar surface area (TPSA) is 100 Å². The highest BCUT2D eigenvalue weighted by atomic mass is 79.9. The van der Waals surface area contributed by atoms with Crippen LogP contribution in [0, 0.1) is 0 Å². The third kappa shape index (κ3) is 6.43. The van der Waals surface area contributed by atoms with E-state index in [4.69, 9.17) is 16.3 Å². The highest BCUT2D eigenvalue weighted by Crippen LogP contribution is 2.28. The lowest BCUT2D eigenvalue weighted by atomic mass is 10.1. The summed E-state index contributed by atoms with van der Waals surface area (Å²) in [5, 5.41) is 20.4. The number of benzene rings is 1. The van der Waals surface area contributed by atoms with Crippen molar-refractivity contribution in [2.24, 2.45) is 0 Å². The number of halogens is 3. The SMILES string of the molecule is Cl.O=c1[nH]nc(OCC[C@H](O)c2ccc(Cl)cc2)c(NCc2cccnc2)c1Br. The molecule has 3 N–H and O–H groups in total. The van der Waals surface area contributed by atoms with Crippen LogP contribution in [0.1, 0.15) is 23.7 Å². The molecule has 0 radical (unpaired) electrons. The van der Waals surface area contributed by atoms with Crippen molar-refractivity contribution in [2.75, 3.05) is 11.9 Å². The van der Waals surface area contributed by atoms with Crippen LogP contribution in [0.15, 0.2) is 58.1 Å². The predicted octanol–water partition coefficient (Wildman–Crippen LogP) is 4.12. The van der Waals surface area contributed by atoms with Crippen LogP contribution >= 0.6 is 39.9 Å². The molecule has 0 bridgehead atoms. The first-order valence-corrected chi connectivity index (χ1v) is 9.69. The molecule has 2 aromatic heterocycles. The van der Waals surface area contributed by atoms with E-state index in [2.05, 4.69) is 36.4 Å². The third-order valence-electron chi connectivity index (χ3n) is 3.97. The number of aromatic nitrogens is 3. The second kappa shape index (κ2) is 11.2. The first-order chi connectivity index (χ1) is 13.5. The number of pyridine rings is 1. The average Bonchev–Trinajstić information content (AvgIpc) is 2.71. The molecule has 1 atom stereocenters. The maximum atomic E-state index is 11.9. The van der Waals surface area contributed by atoms with Gasteiger partial charge in [-0.25, -0.2) is 5.10 Å². The minimum Gasteiger partial charge on any atom is -0.475 e. The quantitative estimate of drug-likeness (QED) is 0.429. The summed E-state index contributed by atoms with van der Waals surface area (Å²) in [4.78, 5) is 15.9. The van der Waals surface area contributed by atoms with Crippen molar-refractivity contribution in [2.45, 2.75) is 19.1 Å². The molecule has 0 spiro atoms. The fourth-order valence-corrected chi connectivity index (χ4v) is 3.01. The van der Waals surface area contributed by atoms with Crippen LogP contribution in [0.3, 0.4) is 0 Å². The van der Waals surface area contributed by atoms with Crippen LogP contribution < -0.4 is 15.6 Å². The zero-order valence-corrected chi connectivity index (χ0v) is 18.3. The van der Waals surface area contributed by atoms with Gasteiger partial charge in [0.25, 0.3) is 11.4 Å². The zero-order valence-electron chi connectivity index (χ0n) is 15.1. The number of rotatable bonds is 8. The maximum Gasteiger partial charge on any atom is 0.280 e. The highest BCUT2D eigenvalue weighted by molar-refractivity contribution is 9.10. The van der Waals surface area contributed by atoms with Gasteiger partial charge in [0.15, 0.2) is 0 Å². The lowest BCUT2D eigenvalue weighted by Crippen LogP contribution is -2.16. The van der Waals surface area contributed by atoms with Crippen LogP contribution in [-0.4, -0.2) is 26.9 Å². The molecule has 3 aromatic rings. The van der Waals surface area contributed by atoms with Gasteiger partial charge in [-0.3, -0.25) is 9.78 Å². The molecule has 0 saturated heterocycles. The molecule has 0 unspecified atom stereocenters. The molecular formula is C19H19BrCl2N4O3. The molecule has 0 saturated carbocycles. The number of nitrogens with zero attached hydrogens (tertiary/aromatic N) is 2. The van der Waals surface area contributed by atoms with E-state index in [1.54, 1.807) is 36.7 Å².